The number of nitrogens with zero attached hydrogens (tertiary/aromatic N) is 2. The first-order valence-corrected chi connectivity index (χ1v) is 9.46. The van der Waals surface area contributed by atoms with Gasteiger partial charge in [0.1, 0.15) is 0 Å². The lowest BCUT2D eigenvalue weighted by atomic mass is 9.98. The molecular formula is C22H27N3O2. The molecule has 2 aromatic rings. The molecule has 5 nitrogen and oxygen atoms in total. The Morgan fingerprint density at radius 3 is 1.78 bits per heavy atom. The van der Waals surface area contributed by atoms with E-state index in [2.05, 4.69) is 10.2 Å². The van der Waals surface area contributed by atoms with E-state index in [4.69, 9.17) is 0 Å². The van der Waals surface area contributed by atoms with Gasteiger partial charge in [0.05, 0.1) is 12.1 Å². The van der Waals surface area contributed by atoms with Crippen molar-refractivity contribution in [2.45, 2.75) is 25.9 Å². The molecule has 2 aromatic carbocycles. The molecule has 0 aliphatic carbocycles. The summed E-state index contributed by atoms with van der Waals surface area (Å²) in [6.45, 7) is 6.31. The number of hydrogen-bond acceptors (Lipinski definition) is 3. The van der Waals surface area contributed by atoms with E-state index in [0.717, 1.165) is 24.2 Å². The fraction of sp³-hybridized carbons (Fsp3) is 0.364. The van der Waals surface area contributed by atoms with Crippen LogP contribution in [0, 0.1) is 0 Å². The highest BCUT2D eigenvalue weighted by atomic mass is 16.2. The molecule has 1 N–H and O–H groups in total. The first kappa shape index (κ1) is 19.1. The van der Waals surface area contributed by atoms with Crippen LogP contribution in [-0.2, 0) is 9.59 Å². The van der Waals surface area contributed by atoms with E-state index in [9.17, 15) is 9.59 Å². The third kappa shape index (κ3) is 4.74. The van der Waals surface area contributed by atoms with Crippen molar-refractivity contribution >= 4 is 11.8 Å². The van der Waals surface area contributed by atoms with Gasteiger partial charge in [-0.3, -0.25) is 14.5 Å². The zero-order chi connectivity index (χ0) is 19.2. The molecule has 142 valence electrons. The lowest BCUT2D eigenvalue weighted by Gasteiger charge is -2.37. The Morgan fingerprint density at radius 2 is 1.33 bits per heavy atom. The second-order valence-electron chi connectivity index (χ2n) is 6.98. The summed E-state index contributed by atoms with van der Waals surface area (Å²) in [4.78, 5) is 28.4. The van der Waals surface area contributed by atoms with Gasteiger partial charge in [-0.2, -0.15) is 0 Å². The van der Waals surface area contributed by atoms with Gasteiger partial charge in [0.25, 0.3) is 0 Å². The Kier molecular flexibility index (Phi) is 6.24. The Hall–Kier alpha value is -2.66. The van der Waals surface area contributed by atoms with Gasteiger partial charge in [-0.25, -0.2) is 0 Å². The molecule has 2 amide bonds. The van der Waals surface area contributed by atoms with Crippen LogP contribution < -0.4 is 5.32 Å². The number of carbonyl (C=O) groups excluding carboxylic acids is 2. The molecular weight excluding hydrogens is 338 g/mol. The number of piperazine rings is 1. The summed E-state index contributed by atoms with van der Waals surface area (Å²) in [5, 5.41) is 3.22. The third-order valence-electron chi connectivity index (χ3n) is 5.24. The van der Waals surface area contributed by atoms with Gasteiger partial charge in [-0.05, 0) is 18.1 Å². The van der Waals surface area contributed by atoms with Crippen molar-refractivity contribution in [1.29, 1.82) is 0 Å². The fourth-order valence-electron chi connectivity index (χ4n) is 3.50. The van der Waals surface area contributed by atoms with E-state index in [1.807, 2.05) is 72.5 Å². The van der Waals surface area contributed by atoms with Gasteiger partial charge in [0.2, 0.25) is 11.8 Å². The van der Waals surface area contributed by atoms with Crippen molar-refractivity contribution in [3.05, 3.63) is 71.8 Å². The smallest absolute Gasteiger partial charge is 0.237 e. The minimum absolute atomic E-state index is 0.00369. The molecule has 1 fully saturated rings. The molecule has 0 spiro atoms. The van der Waals surface area contributed by atoms with Crippen LogP contribution in [0.4, 0.5) is 0 Å². The van der Waals surface area contributed by atoms with Crippen LogP contribution in [0.3, 0.4) is 0 Å². The topological polar surface area (TPSA) is 52.7 Å². The number of rotatable bonds is 5. The number of carbonyl (C=O) groups is 2. The number of amides is 2. The number of benzene rings is 2. The zero-order valence-corrected chi connectivity index (χ0v) is 16.0. The van der Waals surface area contributed by atoms with E-state index in [1.165, 1.54) is 0 Å². The largest absolute Gasteiger partial charge is 0.344 e. The Morgan fingerprint density at radius 1 is 0.852 bits per heavy atom. The van der Waals surface area contributed by atoms with E-state index >= 15 is 0 Å². The summed E-state index contributed by atoms with van der Waals surface area (Å²) < 4.78 is 0. The maximum Gasteiger partial charge on any atom is 0.237 e. The maximum atomic E-state index is 13.0. The van der Waals surface area contributed by atoms with Crippen LogP contribution in [0.2, 0.25) is 0 Å². The Labute approximate surface area is 161 Å². The van der Waals surface area contributed by atoms with Crippen molar-refractivity contribution in [2.75, 3.05) is 26.2 Å². The molecule has 1 atom stereocenters. The highest BCUT2D eigenvalue weighted by molar-refractivity contribution is 5.82. The van der Waals surface area contributed by atoms with Gasteiger partial charge in [-0.15, -0.1) is 0 Å². The second kappa shape index (κ2) is 8.82. The van der Waals surface area contributed by atoms with Crippen molar-refractivity contribution in [2.24, 2.45) is 0 Å². The molecule has 1 aliphatic heterocycles. The van der Waals surface area contributed by atoms with Crippen LogP contribution in [0.5, 0.6) is 0 Å². The van der Waals surface area contributed by atoms with Gasteiger partial charge in [-0.1, -0.05) is 60.7 Å². The Bertz CT molecular complexity index is 716. The molecule has 0 radical (unpaired) electrons. The summed E-state index contributed by atoms with van der Waals surface area (Å²) in [6.07, 6.45) is 0. The Balaban J connectivity index is 1.70. The first-order valence-electron chi connectivity index (χ1n) is 9.46. The summed E-state index contributed by atoms with van der Waals surface area (Å²) in [5.41, 5.74) is 2.12. The van der Waals surface area contributed by atoms with Crippen LogP contribution in [0.1, 0.15) is 31.0 Å². The monoisotopic (exact) mass is 365 g/mol. The maximum absolute atomic E-state index is 13.0. The molecule has 1 saturated heterocycles. The standard InChI is InChI=1S/C22H27N3O2/c1-17(24-13-15-25(16-14-24)18(2)26)22(27)23-21(19-9-5-3-6-10-19)20-11-7-4-8-12-20/h3-12,17,21H,13-16H2,1-2H3,(H,23,27)/t17-/m1/s1. The molecule has 1 heterocycles. The predicted octanol–water partition coefficient (Wildman–Crippen LogP) is 2.44. The molecule has 5 heteroatoms. The van der Waals surface area contributed by atoms with E-state index < -0.39 is 0 Å². The van der Waals surface area contributed by atoms with Gasteiger partial charge >= 0.3 is 0 Å². The minimum Gasteiger partial charge on any atom is -0.344 e. The van der Waals surface area contributed by atoms with Crippen LogP contribution in [0.25, 0.3) is 0 Å². The van der Waals surface area contributed by atoms with E-state index in [1.54, 1.807) is 6.92 Å². The molecule has 0 saturated carbocycles. The van der Waals surface area contributed by atoms with Crippen LogP contribution >= 0.6 is 0 Å². The third-order valence-corrected chi connectivity index (χ3v) is 5.24. The predicted molar refractivity (Wildman–Crippen MR) is 106 cm³/mol. The molecule has 0 unspecified atom stereocenters. The molecule has 1 aliphatic rings. The van der Waals surface area contributed by atoms with Crippen molar-refractivity contribution in [3.8, 4) is 0 Å². The van der Waals surface area contributed by atoms with E-state index in [0.29, 0.717) is 13.1 Å². The van der Waals surface area contributed by atoms with Crippen molar-refractivity contribution in [3.63, 3.8) is 0 Å². The van der Waals surface area contributed by atoms with Gasteiger partial charge < -0.3 is 10.2 Å². The average molecular weight is 365 g/mol. The van der Waals surface area contributed by atoms with Gasteiger partial charge in [0.15, 0.2) is 0 Å². The first-order chi connectivity index (χ1) is 13.1. The van der Waals surface area contributed by atoms with E-state index in [-0.39, 0.29) is 23.9 Å². The lowest BCUT2D eigenvalue weighted by Crippen LogP contribution is -2.55. The highest BCUT2D eigenvalue weighted by Crippen LogP contribution is 2.22. The summed E-state index contributed by atoms with van der Waals surface area (Å²) in [7, 11) is 0. The van der Waals surface area contributed by atoms with Crippen LogP contribution in [-0.4, -0.2) is 53.8 Å². The zero-order valence-electron chi connectivity index (χ0n) is 16.0. The molecule has 0 bridgehead atoms. The number of nitrogens with one attached hydrogen (secondary N) is 1. The fourth-order valence-corrected chi connectivity index (χ4v) is 3.50. The number of hydrogen-bond donors (Lipinski definition) is 1. The average Bonchev–Trinajstić information content (AvgIpc) is 2.72. The normalized spacial score (nSPS) is 16.2. The molecule has 0 aromatic heterocycles. The summed E-state index contributed by atoms with van der Waals surface area (Å²) in [5.74, 6) is 0.101. The highest BCUT2D eigenvalue weighted by Gasteiger charge is 2.28. The van der Waals surface area contributed by atoms with Gasteiger partial charge in [0, 0.05) is 33.1 Å². The second-order valence-corrected chi connectivity index (χ2v) is 6.98. The van der Waals surface area contributed by atoms with Crippen molar-refractivity contribution in [1.82, 2.24) is 15.1 Å². The van der Waals surface area contributed by atoms with Crippen LogP contribution in [0.15, 0.2) is 60.7 Å². The lowest BCUT2D eigenvalue weighted by molar-refractivity contribution is -0.132. The quantitative estimate of drug-likeness (QED) is 0.886. The minimum atomic E-state index is -0.242. The van der Waals surface area contributed by atoms with Crippen molar-refractivity contribution < 1.29 is 9.59 Å². The molecule has 3 rings (SSSR count). The summed E-state index contributed by atoms with van der Waals surface area (Å²) >= 11 is 0. The SMILES string of the molecule is CC(=O)N1CCN([C@H](C)C(=O)NC(c2ccccc2)c2ccccc2)CC1. The summed E-state index contributed by atoms with van der Waals surface area (Å²) in [6, 6.07) is 19.6. The molecule has 27 heavy (non-hydrogen) atoms.